The van der Waals surface area contributed by atoms with Crippen molar-refractivity contribution in [3.8, 4) is 5.75 Å². The van der Waals surface area contributed by atoms with E-state index in [0.29, 0.717) is 19.4 Å². The first-order valence-electron chi connectivity index (χ1n) is 11.2. The third kappa shape index (κ3) is 4.82. The van der Waals surface area contributed by atoms with E-state index in [-0.39, 0.29) is 17.8 Å². The summed E-state index contributed by atoms with van der Waals surface area (Å²) in [5.41, 5.74) is 2.45. The molecule has 0 N–H and O–H groups in total. The minimum atomic E-state index is -0.515. The highest BCUT2D eigenvalue weighted by molar-refractivity contribution is 5.77. The van der Waals surface area contributed by atoms with Crippen molar-refractivity contribution in [3.63, 3.8) is 0 Å². The Kier molecular flexibility index (Phi) is 6.54. The average Bonchev–Trinajstić information content (AvgIpc) is 3.15. The lowest BCUT2D eigenvalue weighted by molar-refractivity contribution is -0.139. The van der Waals surface area contributed by atoms with Crippen LogP contribution in [0.5, 0.6) is 5.75 Å². The molecule has 4 rings (SSSR count). The first kappa shape index (κ1) is 22.0. The Balaban J connectivity index is 1.57. The van der Waals surface area contributed by atoms with E-state index in [1.165, 1.54) is 17.7 Å². The maximum atomic E-state index is 13.5. The molecule has 0 aliphatic carbocycles. The van der Waals surface area contributed by atoms with Gasteiger partial charge >= 0.3 is 0 Å². The number of aromatic nitrogens is 1. The summed E-state index contributed by atoms with van der Waals surface area (Å²) in [4.78, 5) is 19.9. The molecule has 166 valence electrons. The number of halogens is 1. The molecule has 0 radical (unpaired) electrons. The SMILES string of the molecule is CCC(N(Cc1ccccn1)C(=O)CCc1ccc(F)cc1)C1(C)Cc2ccccc2O1. The molecule has 1 aromatic heterocycles. The molecule has 2 heterocycles. The normalized spacial score (nSPS) is 18.0. The van der Waals surface area contributed by atoms with Crippen LogP contribution in [0, 0.1) is 5.82 Å². The maximum absolute atomic E-state index is 13.5. The lowest BCUT2D eigenvalue weighted by atomic mass is 9.87. The molecule has 0 spiro atoms. The van der Waals surface area contributed by atoms with Gasteiger partial charge in [0.2, 0.25) is 5.91 Å². The summed E-state index contributed by atoms with van der Waals surface area (Å²) in [6, 6.07) is 20.1. The zero-order valence-corrected chi connectivity index (χ0v) is 18.6. The molecule has 1 aliphatic heterocycles. The fourth-order valence-corrected chi connectivity index (χ4v) is 4.67. The number of nitrogens with zero attached hydrogens (tertiary/aromatic N) is 2. The molecule has 1 aliphatic rings. The number of fused-ring (bicyclic) bond motifs is 1. The van der Waals surface area contributed by atoms with E-state index in [2.05, 4.69) is 24.9 Å². The van der Waals surface area contributed by atoms with E-state index in [0.717, 1.165) is 29.8 Å². The molecular formula is C27H29FN2O2. The minimum absolute atomic E-state index is 0.0487. The maximum Gasteiger partial charge on any atom is 0.223 e. The van der Waals surface area contributed by atoms with Crippen LogP contribution < -0.4 is 4.74 Å². The molecule has 32 heavy (non-hydrogen) atoms. The van der Waals surface area contributed by atoms with Crippen LogP contribution in [0.25, 0.3) is 0 Å². The molecule has 4 nitrogen and oxygen atoms in total. The van der Waals surface area contributed by atoms with E-state index in [9.17, 15) is 9.18 Å². The van der Waals surface area contributed by atoms with E-state index in [1.54, 1.807) is 18.3 Å². The Morgan fingerprint density at radius 2 is 1.88 bits per heavy atom. The predicted molar refractivity (Wildman–Crippen MR) is 123 cm³/mol. The second-order valence-corrected chi connectivity index (χ2v) is 8.59. The van der Waals surface area contributed by atoms with Gasteiger partial charge in [0.1, 0.15) is 17.2 Å². The lowest BCUT2D eigenvalue weighted by Gasteiger charge is -2.41. The molecule has 2 atom stereocenters. The third-order valence-electron chi connectivity index (χ3n) is 6.24. The molecule has 3 aromatic rings. The summed E-state index contributed by atoms with van der Waals surface area (Å²) in [5, 5.41) is 0. The van der Waals surface area contributed by atoms with Crippen molar-refractivity contribution >= 4 is 5.91 Å². The summed E-state index contributed by atoms with van der Waals surface area (Å²) in [6.07, 6.45) is 4.18. The molecule has 0 saturated carbocycles. The number of pyridine rings is 1. The van der Waals surface area contributed by atoms with Crippen molar-refractivity contribution in [2.24, 2.45) is 0 Å². The van der Waals surface area contributed by atoms with Gasteiger partial charge in [-0.1, -0.05) is 43.3 Å². The van der Waals surface area contributed by atoms with Crippen LogP contribution in [-0.4, -0.2) is 27.4 Å². The second kappa shape index (κ2) is 9.51. The summed E-state index contributed by atoms with van der Waals surface area (Å²) in [7, 11) is 0. The van der Waals surface area contributed by atoms with Gasteiger partial charge in [-0.3, -0.25) is 9.78 Å². The van der Waals surface area contributed by atoms with Crippen molar-refractivity contribution < 1.29 is 13.9 Å². The van der Waals surface area contributed by atoms with Crippen LogP contribution in [0.1, 0.15) is 43.5 Å². The molecule has 2 unspecified atom stereocenters. The first-order valence-corrected chi connectivity index (χ1v) is 11.2. The van der Waals surface area contributed by atoms with Gasteiger partial charge in [-0.15, -0.1) is 0 Å². The van der Waals surface area contributed by atoms with Crippen LogP contribution in [0.2, 0.25) is 0 Å². The highest BCUT2D eigenvalue weighted by atomic mass is 19.1. The molecular weight excluding hydrogens is 403 g/mol. The highest BCUT2D eigenvalue weighted by Crippen LogP contribution is 2.39. The average molecular weight is 433 g/mol. The van der Waals surface area contributed by atoms with E-state index >= 15 is 0 Å². The van der Waals surface area contributed by atoms with E-state index in [1.807, 2.05) is 41.3 Å². The van der Waals surface area contributed by atoms with Crippen molar-refractivity contribution in [1.29, 1.82) is 0 Å². The van der Waals surface area contributed by atoms with Crippen molar-refractivity contribution in [2.45, 2.75) is 57.7 Å². The zero-order valence-electron chi connectivity index (χ0n) is 18.6. The molecule has 0 bridgehead atoms. The van der Waals surface area contributed by atoms with Gasteiger partial charge < -0.3 is 9.64 Å². The number of carbonyl (C=O) groups is 1. The van der Waals surface area contributed by atoms with Crippen molar-refractivity contribution in [3.05, 3.63) is 95.6 Å². The molecule has 0 saturated heterocycles. The molecule has 5 heteroatoms. The topological polar surface area (TPSA) is 42.4 Å². The number of aryl methyl sites for hydroxylation is 1. The number of carbonyl (C=O) groups excluding carboxylic acids is 1. The fourth-order valence-electron chi connectivity index (χ4n) is 4.67. The standard InChI is InChI=1S/C27H29FN2O2/c1-3-25(27(2)18-21-8-4-5-10-24(21)32-27)30(19-23-9-6-7-17-29-23)26(31)16-13-20-11-14-22(28)15-12-20/h4-12,14-15,17,25H,3,13,16,18-19H2,1-2H3. The summed E-state index contributed by atoms with van der Waals surface area (Å²) in [5.74, 6) is 0.673. The largest absolute Gasteiger partial charge is 0.485 e. The monoisotopic (exact) mass is 432 g/mol. The van der Waals surface area contributed by atoms with Gasteiger partial charge in [-0.2, -0.15) is 0 Å². The Bertz CT molecular complexity index is 1030. The fraction of sp³-hybridized carbons (Fsp3) is 0.333. The molecule has 0 fully saturated rings. The number of ether oxygens (including phenoxy) is 1. The second-order valence-electron chi connectivity index (χ2n) is 8.59. The lowest BCUT2D eigenvalue weighted by Crippen LogP contribution is -2.55. The number of amides is 1. The van der Waals surface area contributed by atoms with E-state index in [4.69, 9.17) is 4.74 Å². The molecule has 2 aromatic carbocycles. The summed E-state index contributed by atoms with van der Waals surface area (Å²) < 4.78 is 19.7. The van der Waals surface area contributed by atoms with Crippen LogP contribution >= 0.6 is 0 Å². The Hall–Kier alpha value is -3.21. The Labute approximate surface area is 189 Å². The highest BCUT2D eigenvalue weighted by Gasteiger charge is 2.45. The van der Waals surface area contributed by atoms with Crippen molar-refractivity contribution in [2.75, 3.05) is 0 Å². The Morgan fingerprint density at radius 3 is 2.56 bits per heavy atom. The first-order chi connectivity index (χ1) is 15.5. The number of benzene rings is 2. The number of para-hydroxylation sites is 1. The van der Waals surface area contributed by atoms with Crippen molar-refractivity contribution in [1.82, 2.24) is 9.88 Å². The Morgan fingerprint density at radius 1 is 1.12 bits per heavy atom. The van der Waals surface area contributed by atoms with Gasteiger partial charge in [-0.05, 0) is 61.2 Å². The van der Waals surface area contributed by atoms with Gasteiger partial charge in [-0.25, -0.2) is 4.39 Å². The smallest absolute Gasteiger partial charge is 0.223 e. The van der Waals surface area contributed by atoms with Gasteiger partial charge in [0, 0.05) is 19.0 Å². The van der Waals surface area contributed by atoms with Crippen LogP contribution in [0.3, 0.4) is 0 Å². The predicted octanol–water partition coefficient (Wildman–Crippen LogP) is 5.35. The van der Waals surface area contributed by atoms with Gasteiger partial charge in [0.25, 0.3) is 0 Å². The zero-order chi connectivity index (χ0) is 22.6. The summed E-state index contributed by atoms with van der Waals surface area (Å²) >= 11 is 0. The third-order valence-corrected chi connectivity index (χ3v) is 6.24. The van der Waals surface area contributed by atoms with Crippen LogP contribution in [-0.2, 0) is 24.2 Å². The number of hydrogen-bond acceptors (Lipinski definition) is 3. The summed E-state index contributed by atoms with van der Waals surface area (Å²) in [6.45, 7) is 4.62. The molecule has 1 amide bonds. The van der Waals surface area contributed by atoms with Crippen LogP contribution in [0.15, 0.2) is 72.9 Å². The quantitative estimate of drug-likeness (QED) is 0.482. The van der Waals surface area contributed by atoms with Gasteiger partial charge in [0.15, 0.2) is 0 Å². The van der Waals surface area contributed by atoms with E-state index < -0.39 is 5.60 Å². The minimum Gasteiger partial charge on any atom is -0.485 e. The van der Waals surface area contributed by atoms with Gasteiger partial charge in [0.05, 0.1) is 18.3 Å². The van der Waals surface area contributed by atoms with Crippen LogP contribution in [0.4, 0.5) is 4.39 Å². The number of hydrogen-bond donors (Lipinski definition) is 0. The number of rotatable bonds is 8.